The first kappa shape index (κ1) is 11.9. The van der Waals surface area contributed by atoms with Crippen molar-refractivity contribution >= 4 is 22.6 Å². The number of aromatic nitrogens is 2. The van der Waals surface area contributed by atoms with E-state index in [4.69, 9.17) is 16.3 Å². The highest BCUT2D eigenvalue weighted by Crippen LogP contribution is 2.31. The van der Waals surface area contributed by atoms with E-state index in [-0.39, 0.29) is 17.2 Å². The average Bonchev–Trinajstić information content (AvgIpc) is 2.93. The van der Waals surface area contributed by atoms with Crippen molar-refractivity contribution < 1.29 is 9.13 Å². The van der Waals surface area contributed by atoms with E-state index in [2.05, 4.69) is 4.98 Å². The van der Waals surface area contributed by atoms with Gasteiger partial charge in [-0.25, -0.2) is 9.37 Å². The average molecular weight is 269 g/mol. The van der Waals surface area contributed by atoms with Gasteiger partial charge in [-0.1, -0.05) is 0 Å². The van der Waals surface area contributed by atoms with Crippen LogP contribution in [0, 0.1) is 5.82 Å². The van der Waals surface area contributed by atoms with Gasteiger partial charge in [0.1, 0.15) is 11.6 Å². The van der Waals surface area contributed by atoms with Crippen molar-refractivity contribution in [3.8, 4) is 0 Å². The summed E-state index contributed by atoms with van der Waals surface area (Å²) in [5.41, 5.74) is 1.58. The minimum Gasteiger partial charge on any atom is -0.379 e. The Morgan fingerprint density at radius 3 is 3.06 bits per heavy atom. The van der Waals surface area contributed by atoms with E-state index in [9.17, 15) is 4.39 Å². The molecule has 2 aromatic rings. The summed E-state index contributed by atoms with van der Waals surface area (Å²) in [4.78, 5) is 4.51. The standard InChI is InChI=1S/C13H14ClFN2O/c1-8(14)13-16-11-3-2-9(15)6-12(11)17(13)10-4-5-18-7-10/h2-3,6,8,10H,4-5,7H2,1H3. The van der Waals surface area contributed by atoms with Gasteiger partial charge in [0.25, 0.3) is 0 Å². The molecule has 0 saturated carbocycles. The first-order valence-electron chi connectivity index (χ1n) is 6.06. The van der Waals surface area contributed by atoms with E-state index >= 15 is 0 Å². The fourth-order valence-electron chi connectivity index (χ4n) is 2.47. The SMILES string of the molecule is CC(Cl)c1nc2ccc(F)cc2n1C1CCOC1. The fourth-order valence-corrected chi connectivity index (χ4v) is 2.63. The summed E-state index contributed by atoms with van der Waals surface area (Å²) >= 11 is 6.18. The molecular weight excluding hydrogens is 255 g/mol. The van der Waals surface area contributed by atoms with E-state index < -0.39 is 0 Å². The molecule has 2 heterocycles. The summed E-state index contributed by atoms with van der Waals surface area (Å²) in [5.74, 6) is 0.532. The lowest BCUT2D eigenvalue weighted by Gasteiger charge is -2.16. The first-order valence-corrected chi connectivity index (χ1v) is 6.49. The highest BCUT2D eigenvalue weighted by molar-refractivity contribution is 6.20. The van der Waals surface area contributed by atoms with Gasteiger partial charge >= 0.3 is 0 Å². The van der Waals surface area contributed by atoms with Crippen molar-refractivity contribution in [3.05, 3.63) is 29.8 Å². The molecule has 2 unspecified atom stereocenters. The number of halogens is 2. The molecule has 96 valence electrons. The molecule has 0 N–H and O–H groups in total. The third kappa shape index (κ3) is 1.89. The lowest BCUT2D eigenvalue weighted by atomic mass is 10.2. The lowest BCUT2D eigenvalue weighted by molar-refractivity contribution is 0.186. The highest BCUT2D eigenvalue weighted by atomic mass is 35.5. The van der Waals surface area contributed by atoms with Gasteiger partial charge in [0.15, 0.2) is 0 Å². The number of hydrogen-bond acceptors (Lipinski definition) is 2. The smallest absolute Gasteiger partial charge is 0.128 e. The van der Waals surface area contributed by atoms with Crippen molar-refractivity contribution in [2.75, 3.05) is 13.2 Å². The molecule has 18 heavy (non-hydrogen) atoms. The molecule has 2 atom stereocenters. The molecule has 1 aliphatic rings. The highest BCUT2D eigenvalue weighted by Gasteiger charge is 2.25. The number of ether oxygens (including phenoxy) is 1. The van der Waals surface area contributed by atoms with E-state index in [1.807, 2.05) is 11.5 Å². The normalized spacial score (nSPS) is 21.6. The van der Waals surface area contributed by atoms with Gasteiger partial charge in [0.2, 0.25) is 0 Å². The van der Waals surface area contributed by atoms with Gasteiger partial charge in [-0.3, -0.25) is 0 Å². The maximum atomic E-state index is 13.4. The molecule has 0 bridgehead atoms. The number of nitrogens with zero attached hydrogens (tertiary/aromatic N) is 2. The quantitative estimate of drug-likeness (QED) is 0.780. The number of hydrogen-bond donors (Lipinski definition) is 0. The van der Waals surface area contributed by atoms with Crippen LogP contribution in [-0.4, -0.2) is 22.8 Å². The zero-order valence-corrected chi connectivity index (χ0v) is 10.8. The molecule has 3 nitrogen and oxygen atoms in total. The van der Waals surface area contributed by atoms with E-state index in [0.717, 1.165) is 29.9 Å². The Balaban J connectivity index is 2.22. The second kappa shape index (κ2) is 4.52. The minimum atomic E-state index is -0.253. The first-order chi connectivity index (χ1) is 8.66. The number of imidazole rings is 1. The van der Waals surface area contributed by atoms with Crippen LogP contribution in [-0.2, 0) is 4.74 Å². The maximum absolute atomic E-state index is 13.4. The minimum absolute atomic E-state index is 0.202. The van der Waals surface area contributed by atoms with Gasteiger partial charge in [-0.2, -0.15) is 0 Å². The van der Waals surface area contributed by atoms with E-state index in [1.165, 1.54) is 12.1 Å². The number of alkyl halides is 1. The molecule has 3 rings (SSSR count). The van der Waals surface area contributed by atoms with Crippen LogP contribution in [0.5, 0.6) is 0 Å². The Labute approximate surface area is 110 Å². The predicted octanol–water partition coefficient (Wildman–Crippen LogP) is 3.44. The van der Waals surface area contributed by atoms with Crippen molar-refractivity contribution in [3.63, 3.8) is 0 Å². The Morgan fingerprint density at radius 1 is 1.56 bits per heavy atom. The van der Waals surface area contributed by atoms with Gasteiger partial charge in [-0.05, 0) is 31.5 Å². The molecule has 1 saturated heterocycles. The Kier molecular flexibility index (Phi) is 2.99. The molecule has 0 spiro atoms. The second-order valence-corrected chi connectivity index (χ2v) is 5.26. The van der Waals surface area contributed by atoms with Crippen LogP contribution in [0.4, 0.5) is 4.39 Å². The molecular formula is C13H14ClFN2O. The van der Waals surface area contributed by atoms with Gasteiger partial charge in [0.05, 0.1) is 29.1 Å². The molecule has 1 fully saturated rings. The second-order valence-electron chi connectivity index (χ2n) is 4.61. The lowest BCUT2D eigenvalue weighted by Crippen LogP contribution is -2.12. The van der Waals surface area contributed by atoms with Gasteiger partial charge in [0, 0.05) is 6.61 Å². The molecule has 1 aliphatic heterocycles. The van der Waals surface area contributed by atoms with Crippen LogP contribution >= 0.6 is 11.6 Å². The van der Waals surface area contributed by atoms with Crippen LogP contribution in [0.2, 0.25) is 0 Å². The largest absolute Gasteiger partial charge is 0.379 e. The van der Waals surface area contributed by atoms with Gasteiger partial charge in [-0.15, -0.1) is 11.6 Å². The molecule has 1 aromatic heterocycles. The predicted molar refractivity (Wildman–Crippen MR) is 68.4 cm³/mol. The van der Waals surface area contributed by atoms with Crippen LogP contribution < -0.4 is 0 Å². The summed E-state index contributed by atoms with van der Waals surface area (Å²) in [7, 11) is 0. The number of rotatable bonds is 2. The third-order valence-corrected chi connectivity index (χ3v) is 3.50. The topological polar surface area (TPSA) is 27.1 Å². The summed E-state index contributed by atoms with van der Waals surface area (Å²) in [6, 6.07) is 4.84. The number of fused-ring (bicyclic) bond motifs is 1. The van der Waals surface area contributed by atoms with Crippen molar-refractivity contribution in [1.82, 2.24) is 9.55 Å². The van der Waals surface area contributed by atoms with E-state index in [1.54, 1.807) is 6.07 Å². The van der Waals surface area contributed by atoms with Crippen molar-refractivity contribution in [1.29, 1.82) is 0 Å². The summed E-state index contributed by atoms with van der Waals surface area (Å²) in [6.45, 7) is 3.25. The van der Waals surface area contributed by atoms with Crippen molar-refractivity contribution in [2.24, 2.45) is 0 Å². The monoisotopic (exact) mass is 268 g/mol. The van der Waals surface area contributed by atoms with Crippen LogP contribution in [0.1, 0.15) is 30.6 Å². The zero-order valence-electron chi connectivity index (χ0n) is 10.1. The molecule has 5 heteroatoms. The number of benzene rings is 1. The van der Waals surface area contributed by atoms with E-state index in [0.29, 0.717) is 6.61 Å². The summed E-state index contributed by atoms with van der Waals surface area (Å²) in [6.07, 6.45) is 0.915. The molecule has 0 radical (unpaired) electrons. The molecule has 0 amide bonds. The van der Waals surface area contributed by atoms with Crippen LogP contribution in [0.25, 0.3) is 11.0 Å². The van der Waals surface area contributed by atoms with Gasteiger partial charge < -0.3 is 9.30 Å². The molecule has 1 aromatic carbocycles. The fraction of sp³-hybridized carbons (Fsp3) is 0.462. The third-order valence-electron chi connectivity index (χ3n) is 3.31. The van der Waals surface area contributed by atoms with Crippen molar-refractivity contribution in [2.45, 2.75) is 24.8 Å². The van der Waals surface area contributed by atoms with Crippen LogP contribution in [0.3, 0.4) is 0 Å². The Bertz CT molecular complexity index is 576. The zero-order chi connectivity index (χ0) is 12.7. The van der Waals surface area contributed by atoms with Crippen LogP contribution in [0.15, 0.2) is 18.2 Å². The maximum Gasteiger partial charge on any atom is 0.128 e. The summed E-state index contributed by atoms with van der Waals surface area (Å²) < 4.78 is 20.8. The Morgan fingerprint density at radius 2 is 2.39 bits per heavy atom. The summed E-state index contributed by atoms with van der Waals surface area (Å²) in [5, 5.41) is -0.207. The Hall–Kier alpha value is -1.13. The molecule has 0 aliphatic carbocycles.